The Labute approximate surface area is 267 Å². The van der Waals surface area contributed by atoms with Crippen LogP contribution >= 0.6 is 7.82 Å². The van der Waals surface area contributed by atoms with Crippen LogP contribution in [0, 0.1) is 11.8 Å². The number of ether oxygens (including phenoxy) is 9. The molecule has 17 nitrogen and oxygen atoms in total. The van der Waals surface area contributed by atoms with Crippen molar-refractivity contribution >= 4 is 13.8 Å². The van der Waals surface area contributed by atoms with E-state index in [1.165, 1.54) is 26.4 Å². The molecule has 6 N–H and O–H groups in total. The minimum atomic E-state index is -5.05. The van der Waals surface area contributed by atoms with Crippen LogP contribution in [0.3, 0.4) is 0 Å². The van der Waals surface area contributed by atoms with Crippen molar-refractivity contribution in [3.8, 4) is 28.7 Å². The first-order valence-corrected chi connectivity index (χ1v) is 16.2. The van der Waals surface area contributed by atoms with Crippen LogP contribution in [-0.2, 0) is 38.6 Å². The molecule has 0 spiro atoms. The molecule has 0 saturated carbocycles. The first-order chi connectivity index (χ1) is 22.3. The summed E-state index contributed by atoms with van der Waals surface area (Å²) in [4.78, 5) is 32.7. The van der Waals surface area contributed by atoms with Crippen LogP contribution in [-0.4, -0.2) is 97.2 Å². The zero-order valence-corrected chi connectivity index (χ0v) is 26.2. The standard InChI is InChI=1S/C29H34NO16P/c1-11-39-9-20-26(43-11)22(31)23(32)28(44-20)45-24-13-6-16-17(42-10-41-16)7-15(13)29(30,21-14(24)8-40-27(21)33)12-4-18(37-2)25(19(5-12)38-3)46-47(34,35)36/h4-7,11,14,20-24,26,28,31-32H,8-10,30H2,1-3H3,(H2,34,35,36). The molecule has 2 aromatic carbocycles. The molecule has 3 fully saturated rings. The third kappa shape index (κ3) is 5.31. The zero-order chi connectivity index (χ0) is 33.4. The van der Waals surface area contributed by atoms with Gasteiger partial charge >= 0.3 is 13.8 Å². The van der Waals surface area contributed by atoms with Crippen LogP contribution in [0.25, 0.3) is 0 Å². The smallest absolute Gasteiger partial charge is 0.493 e. The third-order valence-electron chi connectivity index (χ3n) is 9.19. The van der Waals surface area contributed by atoms with Crippen LogP contribution in [0.2, 0.25) is 0 Å². The summed E-state index contributed by atoms with van der Waals surface area (Å²) in [6, 6.07) is 6.05. The Bertz CT molecular complexity index is 1590. The second-order valence-corrected chi connectivity index (χ2v) is 13.0. The highest BCUT2D eigenvalue weighted by atomic mass is 31.2. The Morgan fingerprint density at radius 1 is 0.957 bits per heavy atom. The zero-order valence-electron chi connectivity index (χ0n) is 25.3. The molecule has 3 saturated heterocycles. The second kappa shape index (κ2) is 11.7. The molecule has 4 aliphatic heterocycles. The first-order valence-electron chi connectivity index (χ1n) is 14.7. The van der Waals surface area contributed by atoms with E-state index in [-0.39, 0.29) is 42.8 Å². The largest absolute Gasteiger partial charge is 0.525 e. The SMILES string of the molecule is COc1cc(C2(N)c3cc4c(cc3C(OC3OC5COC(C)OC5C(O)C3O)C3COC(=O)C32)OCO4)cc(OC)c1OP(=O)(O)O. The molecule has 0 amide bonds. The maximum absolute atomic E-state index is 13.6. The summed E-state index contributed by atoms with van der Waals surface area (Å²) in [5.41, 5.74) is 6.66. The number of carbonyl (C=O) groups excluding carboxylic acids is 1. The molecule has 0 radical (unpaired) electrons. The Kier molecular flexibility index (Phi) is 8.07. The lowest BCUT2D eigenvalue weighted by atomic mass is 9.61. The topological polar surface area (TPSA) is 233 Å². The van der Waals surface area contributed by atoms with E-state index in [2.05, 4.69) is 0 Å². The molecule has 1 aliphatic carbocycles. The summed E-state index contributed by atoms with van der Waals surface area (Å²) in [6.45, 7) is 1.54. The third-order valence-corrected chi connectivity index (χ3v) is 9.61. The highest BCUT2D eigenvalue weighted by Crippen LogP contribution is 2.58. The van der Waals surface area contributed by atoms with Gasteiger partial charge in [0.25, 0.3) is 0 Å². The predicted molar refractivity (Wildman–Crippen MR) is 152 cm³/mol. The minimum Gasteiger partial charge on any atom is -0.493 e. The number of hydrogen-bond acceptors (Lipinski definition) is 15. The first kappa shape index (κ1) is 32.3. The normalized spacial score (nSPS) is 35.7. The van der Waals surface area contributed by atoms with Crippen molar-refractivity contribution in [2.24, 2.45) is 17.6 Å². The molecule has 256 valence electrons. The summed E-state index contributed by atoms with van der Waals surface area (Å²) in [6.07, 6.45) is -7.48. The molecule has 47 heavy (non-hydrogen) atoms. The summed E-state index contributed by atoms with van der Waals surface area (Å²) in [7, 11) is -2.53. The lowest BCUT2D eigenvalue weighted by Crippen LogP contribution is -2.63. The Morgan fingerprint density at radius 3 is 2.30 bits per heavy atom. The summed E-state index contributed by atoms with van der Waals surface area (Å²) in [5, 5.41) is 22.1. The van der Waals surface area contributed by atoms with Crippen molar-refractivity contribution in [1.29, 1.82) is 0 Å². The van der Waals surface area contributed by atoms with Crippen molar-refractivity contribution in [2.45, 2.75) is 55.6 Å². The fourth-order valence-corrected chi connectivity index (χ4v) is 7.48. The highest BCUT2D eigenvalue weighted by Gasteiger charge is 2.61. The monoisotopic (exact) mass is 683 g/mol. The van der Waals surface area contributed by atoms with Gasteiger partial charge in [-0.2, -0.15) is 0 Å². The van der Waals surface area contributed by atoms with Gasteiger partial charge in [-0.05, 0) is 47.9 Å². The number of rotatable bonds is 7. The molecule has 10 atom stereocenters. The number of aliphatic hydroxyl groups excluding tert-OH is 2. The van der Waals surface area contributed by atoms with Crippen LogP contribution in [0.4, 0.5) is 0 Å². The molecule has 5 aliphatic rings. The molecular weight excluding hydrogens is 649 g/mol. The van der Waals surface area contributed by atoms with Crippen LogP contribution in [0.1, 0.15) is 29.7 Å². The molecule has 7 rings (SSSR count). The molecule has 4 heterocycles. The molecule has 0 aromatic heterocycles. The van der Waals surface area contributed by atoms with Gasteiger partial charge in [-0.3, -0.25) is 14.6 Å². The van der Waals surface area contributed by atoms with Gasteiger partial charge in [0.2, 0.25) is 12.5 Å². The quantitative estimate of drug-likeness (QED) is 0.193. The predicted octanol–water partition coefficient (Wildman–Crippen LogP) is 0.175. The van der Waals surface area contributed by atoms with Crippen molar-refractivity contribution in [2.75, 3.05) is 34.2 Å². The van der Waals surface area contributed by atoms with Gasteiger partial charge in [-0.15, -0.1) is 0 Å². The van der Waals surface area contributed by atoms with Crippen LogP contribution in [0.5, 0.6) is 28.7 Å². The number of nitrogens with two attached hydrogens (primary N) is 1. The highest BCUT2D eigenvalue weighted by molar-refractivity contribution is 7.46. The van der Waals surface area contributed by atoms with Crippen molar-refractivity contribution < 1.29 is 76.5 Å². The Balaban J connectivity index is 1.35. The molecule has 0 bridgehead atoms. The van der Waals surface area contributed by atoms with Gasteiger partial charge in [0.1, 0.15) is 24.4 Å². The van der Waals surface area contributed by atoms with E-state index in [0.29, 0.717) is 22.6 Å². The van der Waals surface area contributed by atoms with E-state index in [1.807, 2.05) is 0 Å². The molecule has 10 unspecified atom stereocenters. The maximum atomic E-state index is 13.6. The lowest BCUT2D eigenvalue weighted by Gasteiger charge is -2.49. The molecule has 2 aromatic rings. The maximum Gasteiger partial charge on any atom is 0.525 e. The molecule has 18 heteroatoms. The van der Waals surface area contributed by atoms with Gasteiger partial charge in [0, 0.05) is 5.92 Å². The fourth-order valence-electron chi connectivity index (χ4n) is 7.07. The van der Waals surface area contributed by atoms with Gasteiger partial charge < -0.3 is 63.1 Å². The van der Waals surface area contributed by atoms with Crippen LogP contribution < -0.4 is 29.2 Å². The lowest BCUT2D eigenvalue weighted by molar-refractivity contribution is -0.364. The number of esters is 1. The number of phosphoric acid groups is 1. The van der Waals surface area contributed by atoms with Crippen molar-refractivity contribution in [3.63, 3.8) is 0 Å². The van der Waals surface area contributed by atoms with Gasteiger partial charge in [-0.1, -0.05) is 0 Å². The number of aliphatic hydroxyl groups is 2. The number of benzene rings is 2. The Morgan fingerprint density at radius 2 is 1.64 bits per heavy atom. The minimum absolute atomic E-state index is 0.0790. The number of carbonyl (C=O) groups is 1. The number of hydrogen-bond donors (Lipinski definition) is 5. The number of phosphoric ester groups is 1. The van der Waals surface area contributed by atoms with Crippen molar-refractivity contribution in [1.82, 2.24) is 0 Å². The van der Waals surface area contributed by atoms with E-state index in [4.69, 9.17) is 52.9 Å². The van der Waals surface area contributed by atoms with Gasteiger partial charge in [0.15, 0.2) is 35.6 Å². The summed E-state index contributed by atoms with van der Waals surface area (Å²) >= 11 is 0. The van der Waals surface area contributed by atoms with Crippen molar-refractivity contribution in [3.05, 3.63) is 41.0 Å². The fraction of sp³-hybridized carbons (Fsp3) is 0.552. The second-order valence-electron chi connectivity index (χ2n) is 11.8. The van der Waals surface area contributed by atoms with Crippen LogP contribution in [0.15, 0.2) is 24.3 Å². The summed E-state index contributed by atoms with van der Waals surface area (Å²) < 4.78 is 68.1. The van der Waals surface area contributed by atoms with Gasteiger partial charge in [-0.25, -0.2) is 4.57 Å². The van der Waals surface area contributed by atoms with E-state index >= 15 is 0 Å². The van der Waals surface area contributed by atoms with E-state index in [1.54, 1.807) is 19.1 Å². The number of fused-ring (bicyclic) bond motifs is 4. The number of cyclic esters (lactones) is 1. The van der Waals surface area contributed by atoms with E-state index in [9.17, 15) is 29.4 Å². The van der Waals surface area contributed by atoms with E-state index < -0.39 is 74.3 Å². The average Bonchev–Trinajstić information content (AvgIpc) is 3.66. The molecular formula is C29H34NO16P. The average molecular weight is 684 g/mol. The van der Waals surface area contributed by atoms with E-state index in [0.717, 1.165) is 0 Å². The van der Waals surface area contributed by atoms with Gasteiger partial charge in [0.05, 0.1) is 45.0 Å². The summed E-state index contributed by atoms with van der Waals surface area (Å²) in [5.74, 6) is -2.49. The number of methoxy groups -OCH3 is 2. The Hall–Kier alpha value is -3.22.